The summed E-state index contributed by atoms with van der Waals surface area (Å²) >= 11 is 0. The second kappa shape index (κ2) is 5.48. The van der Waals surface area contributed by atoms with Crippen molar-refractivity contribution in [1.82, 2.24) is 15.1 Å². The fraction of sp³-hybridized carbons (Fsp3) is 1.00. The molecular formula is C15H29N3. The van der Waals surface area contributed by atoms with Gasteiger partial charge in [0.2, 0.25) is 0 Å². The molecule has 2 saturated heterocycles. The maximum Gasteiger partial charge on any atom is 0.0223 e. The van der Waals surface area contributed by atoms with E-state index in [1.54, 1.807) is 0 Å². The van der Waals surface area contributed by atoms with Crippen LogP contribution in [0, 0.1) is 5.41 Å². The van der Waals surface area contributed by atoms with Gasteiger partial charge in [-0.2, -0.15) is 0 Å². The van der Waals surface area contributed by atoms with Crippen LogP contribution in [0.1, 0.15) is 38.5 Å². The molecule has 3 nitrogen and oxygen atoms in total. The monoisotopic (exact) mass is 251 g/mol. The lowest BCUT2D eigenvalue weighted by Crippen LogP contribution is -2.58. The Morgan fingerprint density at radius 1 is 1.11 bits per heavy atom. The van der Waals surface area contributed by atoms with Gasteiger partial charge in [-0.05, 0) is 44.7 Å². The second-order valence-electron chi connectivity index (χ2n) is 6.80. The van der Waals surface area contributed by atoms with Crippen LogP contribution in [0.3, 0.4) is 0 Å². The molecule has 1 unspecified atom stereocenters. The van der Waals surface area contributed by atoms with Crippen molar-refractivity contribution in [3.05, 3.63) is 0 Å². The Hall–Kier alpha value is -0.120. The van der Waals surface area contributed by atoms with E-state index in [1.165, 1.54) is 77.8 Å². The van der Waals surface area contributed by atoms with Crippen molar-refractivity contribution in [2.75, 3.05) is 46.3 Å². The van der Waals surface area contributed by atoms with Gasteiger partial charge in [-0.15, -0.1) is 0 Å². The average molecular weight is 251 g/mol. The van der Waals surface area contributed by atoms with E-state index >= 15 is 0 Å². The summed E-state index contributed by atoms with van der Waals surface area (Å²) in [4.78, 5) is 5.51. The average Bonchev–Trinajstić information content (AvgIpc) is 2.36. The Balaban J connectivity index is 1.54. The molecule has 0 radical (unpaired) electrons. The van der Waals surface area contributed by atoms with Crippen molar-refractivity contribution in [3.8, 4) is 0 Å². The highest BCUT2D eigenvalue weighted by Crippen LogP contribution is 2.41. The van der Waals surface area contributed by atoms with E-state index in [4.69, 9.17) is 0 Å². The van der Waals surface area contributed by atoms with E-state index in [2.05, 4.69) is 22.2 Å². The van der Waals surface area contributed by atoms with Crippen LogP contribution in [0.2, 0.25) is 0 Å². The lowest BCUT2D eigenvalue weighted by atomic mass is 9.68. The summed E-state index contributed by atoms with van der Waals surface area (Å²) in [7, 11) is 2.11. The molecule has 0 spiro atoms. The third-order valence-electron chi connectivity index (χ3n) is 5.45. The number of nitrogens with zero attached hydrogens (tertiary/aromatic N) is 2. The van der Waals surface area contributed by atoms with Gasteiger partial charge in [0.25, 0.3) is 0 Å². The van der Waals surface area contributed by atoms with Crippen LogP contribution < -0.4 is 5.32 Å². The van der Waals surface area contributed by atoms with Gasteiger partial charge in [0.05, 0.1) is 0 Å². The molecule has 0 aromatic heterocycles. The fourth-order valence-corrected chi connectivity index (χ4v) is 4.28. The van der Waals surface area contributed by atoms with Crippen molar-refractivity contribution in [1.29, 1.82) is 0 Å². The van der Waals surface area contributed by atoms with Gasteiger partial charge in [0, 0.05) is 38.8 Å². The first-order chi connectivity index (χ1) is 8.81. The highest BCUT2D eigenvalue weighted by atomic mass is 15.3. The maximum absolute atomic E-state index is 3.42. The van der Waals surface area contributed by atoms with Crippen molar-refractivity contribution in [2.45, 2.75) is 44.6 Å². The fourth-order valence-electron chi connectivity index (χ4n) is 4.28. The van der Waals surface area contributed by atoms with E-state index in [-0.39, 0.29) is 0 Å². The lowest BCUT2D eigenvalue weighted by molar-refractivity contribution is 0.00312. The van der Waals surface area contributed by atoms with Gasteiger partial charge < -0.3 is 5.32 Å². The lowest BCUT2D eigenvalue weighted by Gasteiger charge is -2.50. The van der Waals surface area contributed by atoms with Crippen molar-refractivity contribution >= 4 is 0 Å². The van der Waals surface area contributed by atoms with Crippen LogP contribution in [-0.2, 0) is 0 Å². The van der Waals surface area contributed by atoms with Gasteiger partial charge in [0.1, 0.15) is 0 Å². The number of piperazine rings is 1. The van der Waals surface area contributed by atoms with Crippen LogP contribution in [0.4, 0.5) is 0 Å². The summed E-state index contributed by atoms with van der Waals surface area (Å²) in [6.45, 7) is 7.89. The van der Waals surface area contributed by atoms with E-state index in [9.17, 15) is 0 Å². The van der Waals surface area contributed by atoms with Gasteiger partial charge in [-0.3, -0.25) is 9.80 Å². The molecule has 1 N–H and O–H groups in total. The smallest absolute Gasteiger partial charge is 0.0223 e. The first-order valence-electron chi connectivity index (χ1n) is 7.92. The molecule has 1 atom stereocenters. The standard InChI is InChI=1S/C15H29N3/c1-16-12-15(6-4-7-15)13-17-9-10-18-8-3-2-5-14(18)11-17/h14,16H,2-13H2,1H3. The Labute approximate surface area is 112 Å². The van der Waals surface area contributed by atoms with E-state index in [0.29, 0.717) is 5.41 Å². The molecule has 0 aromatic rings. The van der Waals surface area contributed by atoms with Gasteiger partial charge in [-0.1, -0.05) is 12.8 Å². The molecule has 0 aromatic carbocycles. The summed E-state index contributed by atoms with van der Waals surface area (Å²) in [6.07, 6.45) is 8.66. The number of fused-ring (bicyclic) bond motifs is 1. The quantitative estimate of drug-likeness (QED) is 0.818. The molecule has 3 aliphatic rings. The molecule has 18 heavy (non-hydrogen) atoms. The molecule has 1 saturated carbocycles. The first kappa shape index (κ1) is 12.9. The maximum atomic E-state index is 3.42. The molecule has 3 rings (SSSR count). The largest absolute Gasteiger partial charge is 0.319 e. The molecule has 0 amide bonds. The summed E-state index contributed by atoms with van der Waals surface area (Å²) in [5.41, 5.74) is 0.617. The number of hydrogen-bond donors (Lipinski definition) is 1. The molecule has 1 aliphatic carbocycles. The summed E-state index contributed by atoms with van der Waals surface area (Å²) in [5, 5.41) is 3.42. The van der Waals surface area contributed by atoms with Crippen LogP contribution in [0.5, 0.6) is 0 Å². The highest BCUT2D eigenvalue weighted by molar-refractivity contribution is 4.94. The molecule has 3 fully saturated rings. The Morgan fingerprint density at radius 2 is 2.00 bits per heavy atom. The van der Waals surface area contributed by atoms with Crippen LogP contribution >= 0.6 is 0 Å². The minimum Gasteiger partial charge on any atom is -0.319 e. The highest BCUT2D eigenvalue weighted by Gasteiger charge is 2.39. The van der Waals surface area contributed by atoms with Crippen LogP contribution in [0.25, 0.3) is 0 Å². The normalized spacial score (nSPS) is 32.8. The SMILES string of the molecule is CNCC1(CN2CCN3CCCCC3C2)CCC1. The predicted octanol–water partition coefficient (Wildman–Crippen LogP) is 1.55. The number of hydrogen-bond acceptors (Lipinski definition) is 3. The zero-order valence-corrected chi connectivity index (χ0v) is 12.0. The Bertz CT molecular complexity index is 275. The third-order valence-corrected chi connectivity index (χ3v) is 5.45. The van der Waals surface area contributed by atoms with Crippen molar-refractivity contribution < 1.29 is 0 Å². The van der Waals surface area contributed by atoms with Crippen LogP contribution in [0.15, 0.2) is 0 Å². The Kier molecular flexibility index (Phi) is 3.92. The number of rotatable bonds is 4. The third kappa shape index (κ3) is 2.59. The molecule has 2 heterocycles. The molecule has 3 heteroatoms. The molecule has 2 aliphatic heterocycles. The zero-order valence-electron chi connectivity index (χ0n) is 12.0. The predicted molar refractivity (Wildman–Crippen MR) is 75.9 cm³/mol. The topological polar surface area (TPSA) is 18.5 Å². The van der Waals surface area contributed by atoms with Crippen molar-refractivity contribution in [2.24, 2.45) is 5.41 Å². The van der Waals surface area contributed by atoms with Crippen molar-refractivity contribution in [3.63, 3.8) is 0 Å². The molecule has 104 valence electrons. The van der Waals surface area contributed by atoms with Gasteiger partial charge in [0.15, 0.2) is 0 Å². The van der Waals surface area contributed by atoms with E-state index < -0.39 is 0 Å². The Morgan fingerprint density at radius 3 is 2.72 bits per heavy atom. The first-order valence-corrected chi connectivity index (χ1v) is 7.92. The minimum absolute atomic E-state index is 0.617. The van der Waals surface area contributed by atoms with E-state index in [1.807, 2.05) is 0 Å². The summed E-state index contributed by atoms with van der Waals surface area (Å²) in [6, 6.07) is 0.874. The number of piperidine rings is 1. The molecule has 0 bridgehead atoms. The molecular weight excluding hydrogens is 222 g/mol. The van der Waals surface area contributed by atoms with Crippen LogP contribution in [-0.4, -0.2) is 62.2 Å². The summed E-state index contributed by atoms with van der Waals surface area (Å²) in [5.74, 6) is 0. The second-order valence-corrected chi connectivity index (χ2v) is 6.80. The number of nitrogens with one attached hydrogen (secondary N) is 1. The zero-order chi connectivity index (χ0) is 12.4. The van der Waals surface area contributed by atoms with Gasteiger partial charge in [-0.25, -0.2) is 0 Å². The van der Waals surface area contributed by atoms with Gasteiger partial charge >= 0.3 is 0 Å². The van der Waals surface area contributed by atoms with E-state index in [0.717, 1.165) is 6.04 Å². The summed E-state index contributed by atoms with van der Waals surface area (Å²) < 4.78 is 0. The minimum atomic E-state index is 0.617.